The van der Waals surface area contributed by atoms with Crippen molar-refractivity contribution in [2.45, 2.75) is 31.9 Å². The summed E-state index contributed by atoms with van der Waals surface area (Å²) >= 11 is 0. The number of rotatable bonds is 3. The summed E-state index contributed by atoms with van der Waals surface area (Å²) in [6, 6.07) is 10.5. The standard InChI is InChI=1S/C20H29N3O2/c24-19(23-10-7-20(8-11-23)6-9-21-16-20)18-15-22(12-13-25-18)14-17-4-2-1-3-5-17/h1-5,18,21H,6-16H2. The van der Waals surface area contributed by atoms with Crippen LogP contribution in [-0.2, 0) is 16.1 Å². The minimum atomic E-state index is -0.298. The Hall–Kier alpha value is -1.43. The summed E-state index contributed by atoms with van der Waals surface area (Å²) < 4.78 is 5.83. The molecule has 136 valence electrons. The van der Waals surface area contributed by atoms with Gasteiger partial charge >= 0.3 is 0 Å². The van der Waals surface area contributed by atoms with Crippen molar-refractivity contribution in [2.24, 2.45) is 5.41 Å². The van der Waals surface area contributed by atoms with Crippen molar-refractivity contribution in [3.8, 4) is 0 Å². The van der Waals surface area contributed by atoms with Crippen LogP contribution >= 0.6 is 0 Å². The number of ether oxygens (including phenoxy) is 1. The van der Waals surface area contributed by atoms with Gasteiger partial charge in [-0.3, -0.25) is 9.69 Å². The average molecular weight is 343 g/mol. The molecule has 0 aromatic heterocycles. The van der Waals surface area contributed by atoms with E-state index in [2.05, 4.69) is 34.5 Å². The molecule has 1 N–H and O–H groups in total. The zero-order valence-corrected chi connectivity index (χ0v) is 15.0. The molecule has 1 spiro atoms. The first-order valence-electron chi connectivity index (χ1n) is 9.62. The molecular weight excluding hydrogens is 314 g/mol. The number of benzene rings is 1. The van der Waals surface area contributed by atoms with E-state index >= 15 is 0 Å². The van der Waals surface area contributed by atoms with Crippen molar-refractivity contribution in [1.82, 2.24) is 15.1 Å². The highest BCUT2D eigenvalue weighted by molar-refractivity contribution is 5.81. The highest BCUT2D eigenvalue weighted by atomic mass is 16.5. The van der Waals surface area contributed by atoms with Crippen LogP contribution in [0.15, 0.2) is 30.3 Å². The molecule has 1 aromatic rings. The van der Waals surface area contributed by atoms with Crippen LogP contribution in [-0.4, -0.2) is 67.7 Å². The number of piperidine rings is 1. The van der Waals surface area contributed by atoms with Crippen LogP contribution < -0.4 is 5.32 Å². The monoisotopic (exact) mass is 343 g/mol. The summed E-state index contributed by atoms with van der Waals surface area (Å²) in [6.07, 6.45) is 3.23. The molecule has 1 unspecified atom stereocenters. The van der Waals surface area contributed by atoms with Gasteiger partial charge in [0.25, 0.3) is 5.91 Å². The summed E-state index contributed by atoms with van der Waals surface area (Å²) in [4.78, 5) is 17.3. The fourth-order valence-electron chi connectivity index (χ4n) is 4.46. The SMILES string of the molecule is O=C(C1CN(Cc2ccccc2)CCO1)N1CCC2(CCNC2)CC1. The number of morpholine rings is 1. The first-order valence-corrected chi connectivity index (χ1v) is 9.62. The summed E-state index contributed by atoms with van der Waals surface area (Å²) in [5, 5.41) is 3.48. The van der Waals surface area contributed by atoms with Crippen molar-refractivity contribution in [1.29, 1.82) is 0 Å². The Morgan fingerprint density at radius 3 is 2.68 bits per heavy atom. The molecule has 4 rings (SSSR count). The maximum absolute atomic E-state index is 12.9. The second kappa shape index (κ2) is 7.44. The van der Waals surface area contributed by atoms with Gasteiger partial charge in [0.05, 0.1) is 6.61 Å². The highest BCUT2D eigenvalue weighted by Gasteiger charge is 2.40. The Morgan fingerprint density at radius 2 is 1.96 bits per heavy atom. The molecule has 3 heterocycles. The molecule has 0 bridgehead atoms. The van der Waals surface area contributed by atoms with Gasteiger partial charge in [0.15, 0.2) is 0 Å². The molecule has 3 saturated heterocycles. The molecule has 3 aliphatic heterocycles. The molecule has 25 heavy (non-hydrogen) atoms. The van der Waals surface area contributed by atoms with Crippen molar-refractivity contribution in [2.75, 3.05) is 45.9 Å². The lowest BCUT2D eigenvalue weighted by Gasteiger charge is -2.41. The highest BCUT2D eigenvalue weighted by Crippen LogP contribution is 2.37. The van der Waals surface area contributed by atoms with Crippen molar-refractivity contribution in [3.05, 3.63) is 35.9 Å². The van der Waals surface area contributed by atoms with Gasteiger partial charge in [0.1, 0.15) is 6.10 Å². The zero-order valence-electron chi connectivity index (χ0n) is 15.0. The lowest BCUT2D eigenvalue weighted by atomic mass is 9.78. The average Bonchev–Trinajstić information content (AvgIpc) is 3.11. The van der Waals surface area contributed by atoms with Crippen LogP contribution in [0.3, 0.4) is 0 Å². The first kappa shape index (κ1) is 17.0. The summed E-state index contributed by atoms with van der Waals surface area (Å²) in [7, 11) is 0. The van der Waals surface area contributed by atoms with E-state index in [4.69, 9.17) is 4.74 Å². The van der Waals surface area contributed by atoms with Crippen LogP contribution in [0.1, 0.15) is 24.8 Å². The lowest BCUT2D eigenvalue weighted by molar-refractivity contribution is -0.151. The van der Waals surface area contributed by atoms with E-state index < -0.39 is 0 Å². The molecule has 1 atom stereocenters. The molecule has 1 aromatic carbocycles. The Labute approximate surface area is 150 Å². The maximum atomic E-state index is 12.9. The smallest absolute Gasteiger partial charge is 0.253 e. The fourth-order valence-corrected chi connectivity index (χ4v) is 4.46. The third-order valence-corrected chi connectivity index (χ3v) is 6.14. The van der Waals surface area contributed by atoms with E-state index in [1.807, 2.05) is 11.0 Å². The molecule has 5 heteroatoms. The van der Waals surface area contributed by atoms with Gasteiger partial charge < -0.3 is 15.0 Å². The summed E-state index contributed by atoms with van der Waals surface area (Å²) in [6.45, 7) is 7.17. The minimum absolute atomic E-state index is 0.193. The number of nitrogens with zero attached hydrogens (tertiary/aromatic N) is 2. The van der Waals surface area contributed by atoms with Crippen LogP contribution in [0.25, 0.3) is 0 Å². The topological polar surface area (TPSA) is 44.8 Å². The van der Waals surface area contributed by atoms with Gasteiger partial charge in [-0.05, 0) is 36.8 Å². The number of nitrogens with one attached hydrogen (secondary N) is 1. The van der Waals surface area contributed by atoms with Crippen molar-refractivity contribution < 1.29 is 9.53 Å². The number of likely N-dealkylation sites (tertiary alicyclic amines) is 1. The van der Waals surface area contributed by atoms with Gasteiger partial charge in [-0.25, -0.2) is 0 Å². The van der Waals surface area contributed by atoms with Gasteiger partial charge in [0.2, 0.25) is 0 Å². The Bertz CT molecular complexity index is 576. The maximum Gasteiger partial charge on any atom is 0.253 e. The number of hydrogen-bond acceptors (Lipinski definition) is 4. The Balaban J connectivity index is 1.31. The number of amides is 1. The molecular formula is C20H29N3O2. The van der Waals surface area contributed by atoms with E-state index in [9.17, 15) is 4.79 Å². The van der Waals surface area contributed by atoms with E-state index in [1.54, 1.807) is 0 Å². The summed E-state index contributed by atoms with van der Waals surface area (Å²) in [5.41, 5.74) is 1.74. The number of hydrogen-bond donors (Lipinski definition) is 1. The number of carbonyl (C=O) groups excluding carboxylic acids is 1. The molecule has 0 aliphatic carbocycles. The molecule has 1 amide bonds. The van der Waals surface area contributed by atoms with E-state index in [0.717, 1.165) is 52.1 Å². The minimum Gasteiger partial charge on any atom is -0.366 e. The van der Waals surface area contributed by atoms with E-state index in [0.29, 0.717) is 18.6 Å². The lowest BCUT2D eigenvalue weighted by Crippen LogP contribution is -2.53. The largest absolute Gasteiger partial charge is 0.366 e. The van der Waals surface area contributed by atoms with Crippen molar-refractivity contribution >= 4 is 5.91 Å². The van der Waals surface area contributed by atoms with Gasteiger partial charge in [0, 0.05) is 39.3 Å². The first-order chi connectivity index (χ1) is 12.2. The summed E-state index contributed by atoms with van der Waals surface area (Å²) in [5.74, 6) is 0.193. The number of carbonyl (C=O) groups is 1. The molecule has 3 fully saturated rings. The van der Waals surface area contributed by atoms with Crippen LogP contribution in [0.5, 0.6) is 0 Å². The molecule has 3 aliphatic rings. The van der Waals surface area contributed by atoms with E-state index in [1.165, 1.54) is 12.0 Å². The van der Waals surface area contributed by atoms with Crippen LogP contribution in [0.4, 0.5) is 0 Å². The third-order valence-electron chi connectivity index (χ3n) is 6.14. The predicted octanol–water partition coefficient (Wildman–Crippen LogP) is 1.49. The second-order valence-corrected chi connectivity index (χ2v) is 7.83. The third kappa shape index (κ3) is 3.89. The second-order valence-electron chi connectivity index (χ2n) is 7.83. The Morgan fingerprint density at radius 1 is 1.16 bits per heavy atom. The Kier molecular flexibility index (Phi) is 5.06. The fraction of sp³-hybridized carbons (Fsp3) is 0.650. The quantitative estimate of drug-likeness (QED) is 0.903. The molecule has 0 radical (unpaired) electrons. The predicted molar refractivity (Wildman–Crippen MR) is 97.2 cm³/mol. The molecule has 0 saturated carbocycles. The van der Waals surface area contributed by atoms with Gasteiger partial charge in [-0.1, -0.05) is 30.3 Å². The van der Waals surface area contributed by atoms with Gasteiger partial charge in [-0.2, -0.15) is 0 Å². The van der Waals surface area contributed by atoms with Crippen molar-refractivity contribution in [3.63, 3.8) is 0 Å². The van der Waals surface area contributed by atoms with E-state index in [-0.39, 0.29) is 12.0 Å². The van der Waals surface area contributed by atoms with Gasteiger partial charge in [-0.15, -0.1) is 0 Å². The van der Waals surface area contributed by atoms with Crippen LogP contribution in [0.2, 0.25) is 0 Å². The zero-order chi connectivity index (χ0) is 17.1. The normalized spacial score (nSPS) is 26.9. The molecule has 5 nitrogen and oxygen atoms in total. The van der Waals surface area contributed by atoms with Crippen LogP contribution in [0, 0.1) is 5.41 Å².